The fourth-order valence-corrected chi connectivity index (χ4v) is 3.12. The Bertz CT molecular complexity index is 568. The minimum absolute atomic E-state index is 0.448. The van der Waals surface area contributed by atoms with E-state index in [9.17, 15) is 0 Å². The molecule has 19 heavy (non-hydrogen) atoms. The van der Waals surface area contributed by atoms with Crippen molar-refractivity contribution >= 4 is 11.5 Å². The summed E-state index contributed by atoms with van der Waals surface area (Å²) in [5, 5.41) is 11.8. The summed E-state index contributed by atoms with van der Waals surface area (Å²) in [5.74, 6) is 1.74. The third-order valence-electron chi connectivity index (χ3n) is 4.54. The Hall–Kier alpha value is -1.65. The molecule has 1 aliphatic rings. The molecule has 0 aliphatic heterocycles. The number of aromatic nitrogens is 4. The molecule has 2 aromatic heterocycles. The molecule has 2 aromatic rings. The molecule has 0 radical (unpaired) electrons. The zero-order valence-electron chi connectivity index (χ0n) is 11.7. The summed E-state index contributed by atoms with van der Waals surface area (Å²) >= 11 is 0. The van der Waals surface area contributed by atoms with Crippen LogP contribution in [0.1, 0.15) is 44.9 Å². The van der Waals surface area contributed by atoms with Gasteiger partial charge in [0.15, 0.2) is 5.82 Å². The first-order chi connectivity index (χ1) is 9.24. The summed E-state index contributed by atoms with van der Waals surface area (Å²) in [6, 6.07) is 0. The van der Waals surface area contributed by atoms with Crippen LogP contribution in [-0.2, 0) is 0 Å². The highest BCUT2D eigenvalue weighted by Crippen LogP contribution is 2.40. The van der Waals surface area contributed by atoms with Crippen LogP contribution in [0, 0.1) is 12.3 Å². The topological polar surface area (TPSA) is 55.1 Å². The molecular weight excluding hydrogens is 238 g/mol. The molecule has 1 fully saturated rings. The quantitative estimate of drug-likeness (QED) is 0.917. The zero-order chi connectivity index (χ0) is 13.3. The van der Waals surface area contributed by atoms with Crippen LogP contribution in [0.2, 0.25) is 0 Å². The summed E-state index contributed by atoms with van der Waals surface area (Å²) in [6.07, 6.45) is 10.3. The minimum Gasteiger partial charge on any atom is -0.366 e. The van der Waals surface area contributed by atoms with Crippen molar-refractivity contribution in [1.29, 1.82) is 0 Å². The Morgan fingerprint density at radius 3 is 2.84 bits per heavy atom. The Morgan fingerprint density at radius 2 is 2.11 bits per heavy atom. The summed E-state index contributed by atoms with van der Waals surface area (Å²) in [6.45, 7) is 5.23. The molecule has 0 saturated heterocycles. The maximum atomic E-state index is 4.41. The van der Waals surface area contributed by atoms with E-state index in [4.69, 9.17) is 0 Å². The molecule has 5 heteroatoms. The van der Waals surface area contributed by atoms with Gasteiger partial charge in [0.25, 0.3) is 0 Å². The molecule has 1 saturated carbocycles. The van der Waals surface area contributed by atoms with Crippen molar-refractivity contribution in [3.8, 4) is 0 Å². The molecule has 3 rings (SSSR count). The van der Waals surface area contributed by atoms with E-state index in [0.717, 1.165) is 23.8 Å². The normalized spacial score (nSPS) is 18.0. The van der Waals surface area contributed by atoms with Crippen molar-refractivity contribution in [1.82, 2.24) is 19.6 Å². The van der Waals surface area contributed by atoms with E-state index in [1.165, 1.54) is 32.1 Å². The van der Waals surface area contributed by atoms with Gasteiger partial charge in [-0.25, -0.2) is 4.98 Å². The maximum Gasteiger partial charge on any atom is 0.203 e. The van der Waals surface area contributed by atoms with Gasteiger partial charge >= 0.3 is 0 Å². The maximum absolute atomic E-state index is 4.41. The highest BCUT2D eigenvalue weighted by Gasteiger charge is 2.31. The fourth-order valence-electron chi connectivity index (χ4n) is 3.12. The van der Waals surface area contributed by atoms with Crippen molar-refractivity contribution < 1.29 is 0 Å². The average Bonchev–Trinajstić information content (AvgIpc) is 3.05. The zero-order valence-corrected chi connectivity index (χ0v) is 11.7. The third kappa shape index (κ3) is 2.17. The van der Waals surface area contributed by atoms with E-state index < -0.39 is 0 Å². The molecular formula is C14H21N5. The van der Waals surface area contributed by atoms with Crippen molar-refractivity contribution in [3.63, 3.8) is 0 Å². The Morgan fingerprint density at radius 1 is 1.32 bits per heavy atom. The van der Waals surface area contributed by atoms with E-state index in [0.29, 0.717) is 5.41 Å². The van der Waals surface area contributed by atoms with E-state index in [1.807, 2.05) is 17.5 Å². The molecule has 0 spiro atoms. The Labute approximate surface area is 113 Å². The smallest absolute Gasteiger partial charge is 0.203 e. The first kappa shape index (κ1) is 12.4. The van der Waals surface area contributed by atoms with Crippen LogP contribution in [0.15, 0.2) is 12.4 Å². The number of hydrogen-bond donors (Lipinski definition) is 1. The van der Waals surface area contributed by atoms with Gasteiger partial charge in [0.05, 0.1) is 0 Å². The van der Waals surface area contributed by atoms with E-state index in [-0.39, 0.29) is 0 Å². The number of hydrogen-bond acceptors (Lipinski definition) is 4. The standard InChI is InChI=1S/C14H21N5/c1-3-14(6-4-5-7-14)10-16-12-13-18-17-11(2)19(13)9-8-15-12/h8-9H,3-7,10H2,1-2H3,(H,15,16). The number of nitrogens with one attached hydrogen (secondary N) is 1. The van der Waals surface area contributed by atoms with Crippen LogP contribution in [0.5, 0.6) is 0 Å². The monoisotopic (exact) mass is 259 g/mol. The molecule has 0 unspecified atom stereocenters. The van der Waals surface area contributed by atoms with Gasteiger partial charge in [0.2, 0.25) is 5.65 Å². The van der Waals surface area contributed by atoms with E-state index in [1.54, 1.807) is 6.20 Å². The van der Waals surface area contributed by atoms with Crippen LogP contribution < -0.4 is 5.32 Å². The molecule has 0 atom stereocenters. The second kappa shape index (κ2) is 4.79. The number of aryl methyl sites for hydroxylation is 1. The van der Waals surface area contributed by atoms with Crippen molar-refractivity contribution in [3.05, 3.63) is 18.2 Å². The number of rotatable bonds is 4. The lowest BCUT2D eigenvalue weighted by atomic mass is 9.83. The lowest BCUT2D eigenvalue weighted by Gasteiger charge is -2.27. The van der Waals surface area contributed by atoms with Gasteiger partial charge in [0, 0.05) is 18.9 Å². The fraction of sp³-hybridized carbons (Fsp3) is 0.643. The highest BCUT2D eigenvalue weighted by atomic mass is 15.3. The Balaban J connectivity index is 1.82. The minimum atomic E-state index is 0.448. The second-order valence-corrected chi connectivity index (χ2v) is 5.63. The second-order valence-electron chi connectivity index (χ2n) is 5.63. The molecule has 2 heterocycles. The molecule has 0 bridgehead atoms. The van der Waals surface area contributed by atoms with Crippen LogP contribution in [0.3, 0.4) is 0 Å². The SMILES string of the molecule is CCC1(CNc2nccn3c(C)nnc23)CCCC1. The highest BCUT2D eigenvalue weighted by molar-refractivity contribution is 5.62. The lowest BCUT2D eigenvalue weighted by molar-refractivity contribution is 0.306. The van der Waals surface area contributed by atoms with Gasteiger partial charge in [-0.05, 0) is 31.6 Å². The predicted molar refractivity (Wildman–Crippen MR) is 75.2 cm³/mol. The van der Waals surface area contributed by atoms with Gasteiger partial charge in [-0.15, -0.1) is 10.2 Å². The van der Waals surface area contributed by atoms with Crippen molar-refractivity contribution in [2.24, 2.45) is 5.41 Å². The Kier molecular flexibility index (Phi) is 3.12. The van der Waals surface area contributed by atoms with Gasteiger partial charge in [-0.1, -0.05) is 19.8 Å². The predicted octanol–water partition coefficient (Wildman–Crippen LogP) is 2.82. The molecule has 1 N–H and O–H groups in total. The lowest BCUT2D eigenvalue weighted by Crippen LogP contribution is -2.26. The number of anilines is 1. The van der Waals surface area contributed by atoms with Crippen molar-refractivity contribution in [2.75, 3.05) is 11.9 Å². The van der Waals surface area contributed by atoms with Crippen LogP contribution in [-0.4, -0.2) is 26.1 Å². The van der Waals surface area contributed by atoms with Gasteiger partial charge in [-0.2, -0.15) is 0 Å². The summed E-state index contributed by atoms with van der Waals surface area (Å²) < 4.78 is 1.97. The molecule has 1 aliphatic carbocycles. The van der Waals surface area contributed by atoms with Gasteiger partial charge in [0.1, 0.15) is 5.82 Å². The van der Waals surface area contributed by atoms with Crippen LogP contribution in [0.25, 0.3) is 5.65 Å². The first-order valence-electron chi connectivity index (χ1n) is 7.14. The summed E-state index contributed by atoms with van der Waals surface area (Å²) in [5.41, 5.74) is 1.27. The summed E-state index contributed by atoms with van der Waals surface area (Å²) in [4.78, 5) is 4.41. The third-order valence-corrected chi connectivity index (χ3v) is 4.54. The van der Waals surface area contributed by atoms with Gasteiger partial charge < -0.3 is 5.32 Å². The van der Waals surface area contributed by atoms with Gasteiger partial charge in [-0.3, -0.25) is 4.40 Å². The molecule has 102 valence electrons. The van der Waals surface area contributed by atoms with Crippen LogP contribution >= 0.6 is 0 Å². The molecule has 0 amide bonds. The van der Waals surface area contributed by atoms with Crippen molar-refractivity contribution in [2.45, 2.75) is 46.0 Å². The van der Waals surface area contributed by atoms with E-state index >= 15 is 0 Å². The average molecular weight is 259 g/mol. The molecule has 0 aromatic carbocycles. The largest absolute Gasteiger partial charge is 0.366 e. The molecule has 5 nitrogen and oxygen atoms in total. The van der Waals surface area contributed by atoms with Crippen LogP contribution in [0.4, 0.5) is 5.82 Å². The number of fused-ring (bicyclic) bond motifs is 1. The summed E-state index contributed by atoms with van der Waals surface area (Å²) in [7, 11) is 0. The van der Waals surface area contributed by atoms with E-state index in [2.05, 4.69) is 27.4 Å². The first-order valence-corrected chi connectivity index (χ1v) is 7.14. The number of nitrogens with zero attached hydrogens (tertiary/aromatic N) is 4.